The van der Waals surface area contributed by atoms with Crippen molar-refractivity contribution in [3.63, 3.8) is 0 Å². The smallest absolute Gasteiger partial charge is 0.267 e. The molecule has 3 aromatic heterocycles. The number of aromatic amines is 1. The molecule has 0 bridgehead atoms. The zero-order valence-electron chi connectivity index (χ0n) is 15.0. The molecule has 4 aromatic rings. The Bertz CT molecular complexity index is 1150. The third-order valence-corrected chi connectivity index (χ3v) is 4.48. The van der Waals surface area contributed by atoms with E-state index in [4.69, 9.17) is 15.2 Å². The number of amides is 1. The number of nitrogens with one attached hydrogen (secondary N) is 1. The van der Waals surface area contributed by atoms with Gasteiger partial charge in [-0.05, 0) is 29.8 Å². The number of nitrogens with two attached hydrogens (primary N) is 1. The van der Waals surface area contributed by atoms with Crippen molar-refractivity contribution in [2.75, 3.05) is 20.3 Å². The number of ether oxygens (including phenoxy) is 2. The van der Waals surface area contributed by atoms with E-state index >= 15 is 0 Å². The average molecular weight is 365 g/mol. The maximum absolute atomic E-state index is 11.7. The summed E-state index contributed by atoms with van der Waals surface area (Å²) < 4.78 is 12.8. The van der Waals surface area contributed by atoms with Crippen LogP contribution in [0.4, 0.5) is 0 Å². The SMILES string of the molecule is COCCOc1ccc2c(c1)c(-c1cc(C(N)=O)nc3[nH]ncc13)cn2C. The van der Waals surface area contributed by atoms with E-state index in [0.717, 1.165) is 33.2 Å². The topological polar surface area (TPSA) is 108 Å². The molecule has 0 saturated heterocycles. The maximum Gasteiger partial charge on any atom is 0.267 e. The summed E-state index contributed by atoms with van der Waals surface area (Å²) in [5.74, 6) is 0.163. The second-order valence-corrected chi connectivity index (χ2v) is 6.23. The molecule has 4 rings (SSSR count). The Labute approximate surface area is 154 Å². The summed E-state index contributed by atoms with van der Waals surface area (Å²) in [7, 11) is 3.61. The van der Waals surface area contributed by atoms with Gasteiger partial charge in [0.25, 0.3) is 5.91 Å². The van der Waals surface area contributed by atoms with Crippen LogP contribution in [-0.2, 0) is 11.8 Å². The van der Waals surface area contributed by atoms with Crippen molar-refractivity contribution in [3.05, 3.63) is 42.4 Å². The molecule has 8 nitrogen and oxygen atoms in total. The number of rotatable bonds is 6. The van der Waals surface area contributed by atoms with Crippen molar-refractivity contribution >= 4 is 27.8 Å². The molecule has 3 heterocycles. The Balaban J connectivity index is 1.90. The summed E-state index contributed by atoms with van der Waals surface area (Å²) >= 11 is 0. The molecule has 0 fully saturated rings. The first-order chi connectivity index (χ1) is 13.1. The Morgan fingerprint density at radius 1 is 1.22 bits per heavy atom. The van der Waals surface area contributed by atoms with E-state index < -0.39 is 5.91 Å². The van der Waals surface area contributed by atoms with Crippen molar-refractivity contribution in [1.29, 1.82) is 0 Å². The molecule has 0 unspecified atom stereocenters. The van der Waals surface area contributed by atoms with Gasteiger partial charge in [-0.1, -0.05) is 0 Å². The molecule has 138 valence electrons. The molecule has 0 atom stereocenters. The number of pyridine rings is 1. The fourth-order valence-electron chi connectivity index (χ4n) is 3.20. The second-order valence-electron chi connectivity index (χ2n) is 6.23. The first-order valence-corrected chi connectivity index (χ1v) is 8.43. The maximum atomic E-state index is 11.7. The molecule has 1 amide bonds. The van der Waals surface area contributed by atoms with Gasteiger partial charge in [0.2, 0.25) is 0 Å². The number of hydrogen-bond donors (Lipinski definition) is 2. The van der Waals surface area contributed by atoms with Crippen LogP contribution in [0, 0.1) is 0 Å². The van der Waals surface area contributed by atoms with Crippen molar-refractivity contribution in [2.24, 2.45) is 12.8 Å². The third kappa shape index (κ3) is 3.00. The lowest BCUT2D eigenvalue weighted by atomic mass is 10.0. The van der Waals surface area contributed by atoms with Crippen LogP contribution >= 0.6 is 0 Å². The fraction of sp³-hybridized carbons (Fsp3) is 0.211. The number of carbonyl (C=O) groups excluding carboxylic acids is 1. The van der Waals surface area contributed by atoms with Crippen molar-refractivity contribution in [3.8, 4) is 16.9 Å². The Hall–Kier alpha value is -3.39. The van der Waals surface area contributed by atoms with E-state index in [1.807, 2.05) is 36.0 Å². The van der Waals surface area contributed by atoms with Crippen molar-refractivity contribution < 1.29 is 14.3 Å². The zero-order valence-corrected chi connectivity index (χ0v) is 15.0. The normalized spacial score (nSPS) is 11.3. The summed E-state index contributed by atoms with van der Waals surface area (Å²) in [5, 5.41) is 8.68. The minimum Gasteiger partial charge on any atom is -0.491 e. The first-order valence-electron chi connectivity index (χ1n) is 8.43. The number of fused-ring (bicyclic) bond motifs is 2. The van der Waals surface area contributed by atoms with Crippen molar-refractivity contribution in [1.82, 2.24) is 19.7 Å². The summed E-state index contributed by atoms with van der Waals surface area (Å²) in [6, 6.07) is 7.62. The first kappa shape index (κ1) is 17.0. The average Bonchev–Trinajstić information content (AvgIpc) is 3.25. The minimum atomic E-state index is -0.587. The van der Waals surface area contributed by atoms with E-state index in [2.05, 4.69) is 15.2 Å². The van der Waals surface area contributed by atoms with Gasteiger partial charge in [0.15, 0.2) is 5.65 Å². The molecule has 8 heteroatoms. The third-order valence-electron chi connectivity index (χ3n) is 4.48. The lowest BCUT2D eigenvalue weighted by Gasteiger charge is -2.07. The van der Waals surface area contributed by atoms with Crippen LogP contribution in [-0.4, -0.2) is 46.0 Å². The molecule has 0 radical (unpaired) electrons. The van der Waals surface area contributed by atoms with E-state index in [-0.39, 0.29) is 5.69 Å². The number of primary amides is 1. The van der Waals surface area contributed by atoms with Crippen LogP contribution in [0.5, 0.6) is 5.75 Å². The minimum absolute atomic E-state index is 0.186. The van der Waals surface area contributed by atoms with E-state index in [0.29, 0.717) is 18.9 Å². The van der Waals surface area contributed by atoms with Gasteiger partial charge in [-0.15, -0.1) is 0 Å². The fourth-order valence-corrected chi connectivity index (χ4v) is 3.20. The van der Waals surface area contributed by atoms with Gasteiger partial charge in [-0.25, -0.2) is 4.98 Å². The summed E-state index contributed by atoms with van der Waals surface area (Å²) in [4.78, 5) is 15.9. The van der Waals surface area contributed by atoms with Gasteiger partial charge in [-0.3, -0.25) is 9.89 Å². The second kappa shape index (κ2) is 6.73. The molecular formula is C19H19N5O3. The molecule has 3 N–H and O–H groups in total. The molecular weight excluding hydrogens is 346 g/mol. The number of carbonyl (C=O) groups is 1. The van der Waals surface area contributed by atoms with Gasteiger partial charge in [-0.2, -0.15) is 5.10 Å². The van der Waals surface area contributed by atoms with Gasteiger partial charge >= 0.3 is 0 Å². The van der Waals surface area contributed by atoms with Gasteiger partial charge in [0.05, 0.1) is 12.8 Å². The van der Waals surface area contributed by atoms with Gasteiger partial charge in [0.1, 0.15) is 18.1 Å². The van der Waals surface area contributed by atoms with E-state index in [9.17, 15) is 4.79 Å². The van der Waals surface area contributed by atoms with Crippen LogP contribution in [0.2, 0.25) is 0 Å². The van der Waals surface area contributed by atoms with Crippen LogP contribution < -0.4 is 10.5 Å². The lowest BCUT2D eigenvalue weighted by molar-refractivity contribution is 0.0996. The number of nitrogens with zero attached hydrogens (tertiary/aromatic N) is 3. The lowest BCUT2D eigenvalue weighted by Crippen LogP contribution is -2.13. The monoisotopic (exact) mass is 365 g/mol. The van der Waals surface area contributed by atoms with Crippen LogP contribution in [0.15, 0.2) is 36.7 Å². The molecule has 0 aliphatic rings. The summed E-state index contributed by atoms with van der Waals surface area (Å²) in [6.45, 7) is 0.985. The van der Waals surface area contributed by atoms with Crippen LogP contribution in [0.1, 0.15) is 10.5 Å². The zero-order chi connectivity index (χ0) is 19.0. The molecule has 0 spiro atoms. The number of aryl methyl sites for hydroxylation is 1. The number of aromatic nitrogens is 4. The Morgan fingerprint density at radius 2 is 2.07 bits per heavy atom. The highest BCUT2D eigenvalue weighted by Crippen LogP contribution is 2.36. The Kier molecular flexibility index (Phi) is 4.25. The predicted octanol–water partition coefficient (Wildman–Crippen LogP) is 2.24. The highest BCUT2D eigenvalue weighted by Gasteiger charge is 2.17. The van der Waals surface area contributed by atoms with Crippen LogP contribution in [0.3, 0.4) is 0 Å². The number of benzene rings is 1. The molecule has 0 aliphatic heterocycles. The molecule has 1 aromatic carbocycles. The molecule has 0 aliphatic carbocycles. The summed E-state index contributed by atoms with van der Waals surface area (Å²) in [6.07, 6.45) is 3.70. The number of hydrogen-bond acceptors (Lipinski definition) is 5. The standard InChI is InChI=1S/C19H19N5O3/c1-24-10-15(13-7-11(3-4-17(13)24)27-6-5-26-2)12-8-16(18(20)25)22-19-14(12)9-21-23-19/h3-4,7-10H,5-6H2,1-2H3,(H2,20,25)(H,21,22,23). The number of methoxy groups -OCH3 is 1. The number of H-pyrrole nitrogens is 1. The highest BCUT2D eigenvalue weighted by molar-refractivity contribution is 6.06. The summed E-state index contributed by atoms with van der Waals surface area (Å²) in [5.41, 5.74) is 8.98. The van der Waals surface area contributed by atoms with Crippen molar-refractivity contribution in [2.45, 2.75) is 0 Å². The van der Waals surface area contributed by atoms with Crippen LogP contribution in [0.25, 0.3) is 33.1 Å². The molecule has 0 saturated carbocycles. The van der Waals surface area contributed by atoms with E-state index in [1.165, 1.54) is 0 Å². The largest absolute Gasteiger partial charge is 0.491 e. The highest BCUT2D eigenvalue weighted by atomic mass is 16.5. The molecule has 27 heavy (non-hydrogen) atoms. The Morgan fingerprint density at radius 3 is 2.85 bits per heavy atom. The van der Waals surface area contributed by atoms with E-state index in [1.54, 1.807) is 19.4 Å². The van der Waals surface area contributed by atoms with Gasteiger partial charge < -0.3 is 19.8 Å². The quantitative estimate of drug-likeness (QED) is 0.510. The predicted molar refractivity (Wildman–Crippen MR) is 102 cm³/mol. The van der Waals surface area contributed by atoms with Gasteiger partial charge in [0, 0.05) is 42.2 Å².